The molecule has 1 aromatic carbocycles. The number of thiazole rings is 1. The zero-order chi connectivity index (χ0) is 19.0. The van der Waals surface area contributed by atoms with Gasteiger partial charge in [0.15, 0.2) is 0 Å². The summed E-state index contributed by atoms with van der Waals surface area (Å²) in [4.78, 5) is 9.96. The molecule has 0 atom stereocenters. The standard InChI is InChI=1S/C23H33N3OS/c1-3-12-25(13-4-1)16-7-17-27-22-10-8-20(9-11-22)23-24-21(19-28-23)18-26-14-5-2-6-15-26/h8-11,19H,1-7,12-18H2. The molecule has 5 heteroatoms. The zero-order valence-corrected chi connectivity index (χ0v) is 17.8. The van der Waals surface area contributed by atoms with Crippen molar-refractivity contribution in [1.82, 2.24) is 14.8 Å². The maximum absolute atomic E-state index is 5.94. The van der Waals surface area contributed by atoms with Gasteiger partial charge in [0.25, 0.3) is 0 Å². The molecule has 2 aliphatic rings. The van der Waals surface area contributed by atoms with Gasteiger partial charge in [0, 0.05) is 24.0 Å². The Hall–Kier alpha value is -1.43. The van der Waals surface area contributed by atoms with E-state index in [-0.39, 0.29) is 0 Å². The second-order valence-corrected chi connectivity index (χ2v) is 8.97. The molecule has 0 spiro atoms. The lowest BCUT2D eigenvalue weighted by Gasteiger charge is -2.26. The van der Waals surface area contributed by atoms with Gasteiger partial charge in [-0.05, 0) is 82.5 Å². The van der Waals surface area contributed by atoms with Gasteiger partial charge >= 0.3 is 0 Å². The number of hydrogen-bond donors (Lipinski definition) is 0. The number of likely N-dealkylation sites (tertiary alicyclic amines) is 2. The van der Waals surface area contributed by atoms with Gasteiger partial charge in [-0.3, -0.25) is 4.90 Å². The Labute approximate surface area is 173 Å². The van der Waals surface area contributed by atoms with E-state index in [1.807, 2.05) is 0 Å². The van der Waals surface area contributed by atoms with E-state index < -0.39 is 0 Å². The van der Waals surface area contributed by atoms with E-state index in [4.69, 9.17) is 9.72 Å². The Kier molecular flexibility index (Phi) is 7.36. The summed E-state index contributed by atoms with van der Waals surface area (Å²) in [5.74, 6) is 0.965. The molecular weight excluding hydrogens is 366 g/mol. The minimum Gasteiger partial charge on any atom is -0.494 e. The molecule has 1 aromatic heterocycles. The fourth-order valence-corrected chi connectivity index (χ4v) is 5.03. The summed E-state index contributed by atoms with van der Waals surface area (Å²) in [5, 5.41) is 3.33. The number of hydrogen-bond acceptors (Lipinski definition) is 5. The van der Waals surface area contributed by atoms with Gasteiger partial charge in [-0.1, -0.05) is 12.8 Å². The van der Waals surface area contributed by atoms with Gasteiger partial charge in [0.05, 0.1) is 12.3 Å². The van der Waals surface area contributed by atoms with Crippen LogP contribution in [-0.2, 0) is 6.54 Å². The van der Waals surface area contributed by atoms with Crippen molar-refractivity contribution in [2.45, 2.75) is 51.5 Å². The summed E-state index contributed by atoms with van der Waals surface area (Å²) in [6.45, 7) is 7.93. The molecule has 4 rings (SSSR count). The fourth-order valence-electron chi connectivity index (χ4n) is 4.21. The van der Waals surface area contributed by atoms with Crippen LogP contribution in [0.25, 0.3) is 10.6 Å². The highest BCUT2D eigenvalue weighted by molar-refractivity contribution is 7.13. The molecule has 2 aliphatic heterocycles. The maximum Gasteiger partial charge on any atom is 0.123 e. The van der Waals surface area contributed by atoms with E-state index in [2.05, 4.69) is 39.4 Å². The van der Waals surface area contributed by atoms with Gasteiger partial charge in [0.1, 0.15) is 10.8 Å². The number of ether oxygens (including phenoxy) is 1. The molecule has 28 heavy (non-hydrogen) atoms. The molecule has 0 radical (unpaired) electrons. The Morgan fingerprint density at radius 1 is 0.857 bits per heavy atom. The fraction of sp³-hybridized carbons (Fsp3) is 0.609. The molecule has 0 saturated carbocycles. The average Bonchev–Trinajstić information content (AvgIpc) is 3.22. The Morgan fingerprint density at radius 2 is 1.54 bits per heavy atom. The summed E-state index contributed by atoms with van der Waals surface area (Å²) in [7, 11) is 0. The van der Waals surface area contributed by atoms with Gasteiger partial charge in [-0.2, -0.15) is 0 Å². The molecule has 0 bridgehead atoms. The second kappa shape index (κ2) is 10.4. The topological polar surface area (TPSA) is 28.6 Å². The minimum absolute atomic E-state index is 0.799. The molecule has 0 aliphatic carbocycles. The molecule has 0 N–H and O–H groups in total. The van der Waals surface area contributed by atoms with Crippen molar-refractivity contribution in [1.29, 1.82) is 0 Å². The third-order valence-electron chi connectivity index (χ3n) is 5.82. The van der Waals surface area contributed by atoms with Crippen LogP contribution in [0.3, 0.4) is 0 Å². The maximum atomic E-state index is 5.94. The van der Waals surface area contributed by atoms with E-state index in [1.165, 1.54) is 76.0 Å². The molecular formula is C23H33N3OS. The highest BCUT2D eigenvalue weighted by atomic mass is 32.1. The Bertz CT molecular complexity index is 703. The first-order valence-corrected chi connectivity index (χ1v) is 11.9. The summed E-state index contributed by atoms with van der Waals surface area (Å²) >= 11 is 1.75. The van der Waals surface area contributed by atoms with Gasteiger partial charge in [-0.15, -0.1) is 11.3 Å². The smallest absolute Gasteiger partial charge is 0.123 e. The Morgan fingerprint density at radius 3 is 2.25 bits per heavy atom. The van der Waals surface area contributed by atoms with Crippen molar-refractivity contribution < 1.29 is 4.74 Å². The highest BCUT2D eigenvalue weighted by Crippen LogP contribution is 2.26. The number of nitrogens with zero attached hydrogens (tertiary/aromatic N) is 3. The first kappa shape index (κ1) is 19.9. The lowest BCUT2D eigenvalue weighted by molar-refractivity contribution is 0.205. The van der Waals surface area contributed by atoms with Crippen molar-refractivity contribution in [2.24, 2.45) is 0 Å². The second-order valence-electron chi connectivity index (χ2n) is 8.11. The van der Waals surface area contributed by atoms with Crippen LogP contribution >= 0.6 is 11.3 Å². The zero-order valence-electron chi connectivity index (χ0n) is 16.9. The highest BCUT2D eigenvalue weighted by Gasteiger charge is 2.13. The van der Waals surface area contributed by atoms with Crippen LogP contribution in [0, 0.1) is 0 Å². The largest absolute Gasteiger partial charge is 0.494 e. The predicted octanol–water partition coefficient (Wildman–Crippen LogP) is 5.05. The van der Waals surface area contributed by atoms with E-state index in [9.17, 15) is 0 Å². The number of piperidine rings is 2. The van der Waals surface area contributed by atoms with Crippen molar-refractivity contribution in [3.8, 4) is 16.3 Å². The first-order valence-electron chi connectivity index (χ1n) is 11.0. The van der Waals surface area contributed by atoms with Crippen molar-refractivity contribution in [3.63, 3.8) is 0 Å². The van der Waals surface area contributed by atoms with Crippen LogP contribution in [0.1, 0.15) is 50.6 Å². The minimum atomic E-state index is 0.799. The van der Waals surface area contributed by atoms with Crippen molar-refractivity contribution in [3.05, 3.63) is 35.3 Å². The average molecular weight is 400 g/mol. The lowest BCUT2D eigenvalue weighted by atomic mass is 10.1. The number of aromatic nitrogens is 1. The summed E-state index contributed by atoms with van der Waals surface area (Å²) in [6.07, 6.45) is 9.27. The van der Waals surface area contributed by atoms with E-state index in [1.54, 1.807) is 11.3 Å². The predicted molar refractivity (Wildman–Crippen MR) is 117 cm³/mol. The van der Waals surface area contributed by atoms with Crippen LogP contribution < -0.4 is 4.74 Å². The number of rotatable bonds is 8. The summed E-state index contributed by atoms with van der Waals surface area (Å²) in [6, 6.07) is 8.46. The third-order valence-corrected chi connectivity index (χ3v) is 6.76. The lowest BCUT2D eigenvalue weighted by Crippen LogP contribution is -2.31. The van der Waals surface area contributed by atoms with Gasteiger partial charge in [0.2, 0.25) is 0 Å². The van der Waals surface area contributed by atoms with Crippen LogP contribution in [0.4, 0.5) is 0 Å². The first-order chi connectivity index (χ1) is 13.9. The summed E-state index contributed by atoms with van der Waals surface area (Å²) < 4.78 is 5.94. The normalized spacial score (nSPS) is 19.0. The van der Waals surface area contributed by atoms with Crippen molar-refractivity contribution >= 4 is 11.3 Å². The molecule has 2 aromatic rings. The van der Waals surface area contributed by atoms with E-state index >= 15 is 0 Å². The molecule has 3 heterocycles. The molecule has 2 fully saturated rings. The van der Waals surface area contributed by atoms with Crippen LogP contribution in [0.15, 0.2) is 29.6 Å². The molecule has 0 unspecified atom stereocenters. The SMILES string of the molecule is c1cc(-c2nc(CN3CCCCC3)cs2)ccc1OCCCN1CCCCC1. The van der Waals surface area contributed by atoms with E-state index in [0.717, 1.165) is 36.9 Å². The molecule has 152 valence electrons. The quantitative estimate of drug-likeness (QED) is 0.581. The van der Waals surface area contributed by atoms with E-state index in [0.29, 0.717) is 0 Å². The van der Waals surface area contributed by atoms with Crippen molar-refractivity contribution in [2.75, 3.05) is 39.3 Å². The van der Waals surface area contributed by atoms with Crippen LogP contribution in [-0.4, -0.2) is 54.1 Å². The van der Waals surface area contributed by atoms with Gasteiger partial charge < -0.3 is 9.64 Å². The van der Waals surface area contributed by atoms with Gasteiger partial charge in [-0.25, -0.2) is 4.98 Å². The monoisotopic (exact) mass is 399 g/mol. The summed E-state index contributed by atoms with van der Waals surface area (Å²) in [5.41, 5.74) is 2.40. The number of benzene rings is 1. The molecule has 2 saturated heterocycles. The van der Waals surface area contributed by atoms with Crippen LogP contribution in [0.5, 0.6) is 5.75 Å². The molecule has 0 amide bonds. The van der Waals surface area contributed by atoms with Crippen LogP contribution in [0.2, 0.25) is 0 Å². The third kappa shape index (κ3) is 5.79. The Balaban J connectivity index is 1.22. The molecule has 4 nitrogen and oxygen atoms in total.